The van der Waals surface area contributed by atoms with Gasteiger partial charge in [0.1, 0.15) is 11.4 Å². The molecule has 0 saturated carbocycles. The van der Waals surface area contributed by atoms with E-state index < -0.39 is 17.5 Å². The molecule has 0 spiro atoms. The molecule has 4 aromatic rings. The molecule has 0 aliphatic carbocycles. The Bertz CT molecular complexity index is 1470. The number of hydrogen-bond donors (Lipinski definition) is 3. The standard InChI is InChI=1S/C30H33FN4O3/c1-30(2,3)38-29(37)32-17-20-7-6-8-21(15-20)27(33-23-12-9-19(10-13-23)18-35(4)5)26-24-14-11-22(31)16-25(24)34-28(26)36/h6-16,34,36H,17-18H2,1-5H3,(H,32,37). The van der Waals surface area contributed by atoms with Gasteiger partial charge in [-0.2, -0.15) is 0 Å². The second kappa shape index (κ2) is 11.1. The van der Waals surface area contributed by atoms with Crippen molar-refractivity contribution in [2.45, 2.75) is 39.5 Å². The van der Waals surface area contributed by atoms with E-state index in [1.807, 2.05) is 83.4 Å². The van der Waals surface area contributed by atoms with E-state index in [-0.39, 0.29) is 12.4 Å². The van der Waals surface area contributed by atoms with Gasteiger partial charge < -0.3 is 25.0 Å². The van der Waals surface area contributed by atoms with E-state index >= 15 is 0 Å². The minimum absolute atomic E-state index is 0.106. The third-order valence-electron chi connectivity index (χ3n) is 5.69. The number of fused-ring (bicyclic) bond motifs is 1. The predicted octanol–water partition coefficient (Wildman–Crippen LogP) is 6.27. The number of rotatable bonds is 7. The van der Waals surface area contributed by atoms with Crippen molar-refractivity contribution in [1.29, 1.82) is 0 Å². The molecule has 1 aromatic heterocycles. The van der Waals surface area contributed by atoms with Crippen LogP contribution in [0.4, 0.5) is 14.9 Å². The summed E-state index contributed by atoms with van der Waals surface area (Å²) < 4.78 is 19.2. The van der Waals surface area contributed by atoms with Crippen LogP contribution in [-0.4, -0.2) is 46.5 Å². The van der Waals surface area contributed by atoms with Crippen LogP contribution in [0.5, 0.6) is 5.88 Å². The number of alkyl carbamates (subject to hydrolysis) is 1. The van der Waals surface area contributed by atoms with E-state index in [4.69, 9.17) is 9.73 Å². The van der Waals surface area contributed by atoms with Crippen LogP contribution in [0, 0.1) is 5.82 Å². The molecule has 0 atom stereocenters. The van der Waals surface area contributed by atoms with Crippen molar-refractivity contribution in [1.82, 2.24) is 15.2 Å². The Morgan fingerprint density at radius 1 is 1.05 bits per heavy atom. The van der Waals surface area contributed by atoms with Crippen LogP contribution in [0.15, 0.2) is 71.7 Å². The molecule has 1 heterocycles. The highest BCUT2D eigenvalue weighted by molar-refractivity contribution is 6.21. The molecule has 3 aromatic carbocycles. The highest BCUT2D eigenvalue weighted by atomic mass is 19.1. The summed E-state index contributed by atoms with van der Waals surface area (Å²) in [6.45, 7) is 6.48. The number of aromatic hydroxyl groups is 1. The minimum Gasteiger partial charge on any atom is -0.494 e. The molecular formula is C30H33FN4O3. The van der Waals surface area contributed by atoms with Crippen LogP contribution in [0.25, 0.3) is 10.9 Å². The Morgan fingerprint density at radius 2 is 1.79 bits per heavy atom. The van der Waals surface area contributed by atoms with Gasteiger partial charge in [0.2, 0.25) is 0 Å². The van der Waals surface area contributed by atoms with Crippen molar-refractivity contribution in [3.63, 3.8) is 0 Å². The molecule has 4 rings (SSSR count). The number of aromatic amines is 1. The number of nitrogens with one attached hydrogen (secondary N) is 2. The topological polar surface area (TPSA) is 90.0 Å². The predicted molar refractivity (Wildman–Crippen MR) is 149 cm³/mol. The van der Waals surface area contributed by atoms with Crippen molar-refractivity contribution in [3.05, 3.63) is 94.8 Å². The molecule has 0 radical (unpaired) electrons. The highest BCUT2D eigenvalue weighted by Gasteiger charge is 2.20. The molecule has 0 aliphatic rings. The lowest BCUT2D eigenvalue weighted by molar-refractivity contribution is 0.0523. The number of nitrogens with zero attached hydrogens (tertiary/aromatic N) is 2. The van der Waals surface area contributed by atoms with Gasteiger partial charge >= 0.3 is 6.09 Å². The molecule has 7 nitrogen and oxygen atoms in total. The van der Waals surface area contributed by atoms with Crippen LogP contribution >= 0.6 is 0 Å². The summed E-state index contributed by atoms with van der Waals surface area (Å²) in [6, 6.07) is 19.8. The number of aliphatic imine (C=N–C) groups is 1. The van der Waals surface area contributed by atoms with Crippen LogP contribution in [0.1, 0.15) is 43.0 Å². The molecule has 1 amide bonds. The smallest absolute Gasteiger partial charge is 0.407 e. The lowest BCUT2D eigenvalue weighted by Crippen LogP contribution is -2.32. The van der Waals surface area contributed by atoms with Crippen LogP contribution in [-0.2, 0) is 17.8 Å². The van der Waals surface area contributed by atoms with Gasteiger partial charge in [-0.25, -0.2) is 14.2 Å². The van der Waals surface area contributed by atoms with E-state index in [0.717, 1.165) is 23.2 Å². The first-order chi connectivity index (χ1) is 18.0. The number of benzene rings is 3. The fraction of sp³-hybridized carbons (Fsp3) is 0.267. The average molecular weight is 517 g/mol. The first-order valence-electron chi connectivity index (χ1n) is 12.4. The van der Waals surface area contributed by atoms with E-state index in [0.29, 0.717) is 27.9 Å². The molecular weight excluding hydrogens is 483 g/mol. The SMILES string of the molecule is CN(C)Cc1ccc(N=C(c2cccc(CNC(=O)OC(C)(C)C)c2)c2c(O)[nH]c3cc(F)ccc23)cc1. The van der Waals surface area contributed by atoms with E-state index in [2.05, 4.69) is 15.2 Å². The van der Waals surface area contributed by atoms with Crippen LogP contribution < -0.4 is 5.32 Å². The van der Waals surface area contributed by atoms with Crippen LogP contribution in [0.2, 0.25) is 0 Å². The van der Waals surface area contributed by atoms with E-state index in [1.165, 1.54) is 12.1 Å². The van der Waals surface area contributed by atoms with Gasteiger partial charge in [0, 0.05) is 24.0 Å². The molecule has 0 bridgehead atoms. The number of aromatic nitrogens is 1. The second-order valence-electron chi connectivity index (χ2n) is 10.5. The van der Waals surface area contributed by atoms with Crippen molar-refractivity contribution < 1.29 is 19.0 Å². The zero-order valence-corrected chi connectivity index (χ0v) is 22.3. The van der Waals surface area contributed by atoms with Gasteiger partial charge in [-0.15, -0.1) is 0 Å². The zero-order chi connectivity index (χ0) is 27.4. The monoisotopic (exact) mass is 516 g/mol. The highest BCUT2D eigenvalue weighted by Crippen LogP contribution is 2.32. The first-order valence-corrected chi connectivity index (χ1v) is 12.4. The van der Waals surface area contributed by atoms with Crippen LogP contribution in [0.3, 0.4) is 0 Å². The number of ether oxygens (including phenoxy) is 1. The molecule has 0 aliphatic heterocycles. The Balaban J connectivity index is 1.75. The van der Waals surface area contributed by atoms with Crippen molar-refractivity contribution in [2.24, 2.45) is 4.99 Å². The number of hydrogen-bond acceptors (Lipinski definition) is 5. The summed E-state index contributed by atoms with van der Waals surface area (Å²) in [6.07, 6.45) is -0.508. The van der Waals surface area contributed by atoms with Gasteiger partial charge in [-0.1, -0.05) is 30.3 Å². The van der Waals surface area contributed by atoms with Gasteiger partial charge in [0.25, 0.3) is 0 Å². The number of halogens is 1. The molecule has 8 heteroatoms. The second-order valence-corrected chi connectivity index (χ2v) is 10.5. The number of carbonyl (C=O) groups is 1. The lowest BCUT2D eigenvalue weighted by atomic mass is 9.99. The fourth-order valence-electron chi connectivity index (χ4n) is 4.15. The third kappa shape index (κ3) is 6.77. The van der Waals surface area contributed by atoms with Gasteiger partial charge in [0.15, 0.2) is 5.88 Å². The van der Waals surface area contributed by atoms with E-state index in [1.54, 1.807) is 6.07 Å². The quantitative estimate of drug-likeness (QED) is 0.253. The number of H-pyrrole nitrogens is 1. The third-order valence-corrected chi connectivity index (χ3v) is 5.69. The maximum absolute atomic E-state index is 13.9. The summed E-state index contributed by atoms with van der Waals surface area (Å²) in [4.78, 5) is 22.0. The Morgan fingerprint density at radius 3 is 2.47 bits per heavy atom. The number of carbonyl (C=O) groups excluding carboxylic acids is 1. The maximum atomic E-state index is 13.9. The molecule has 3 N–H and O–H groups in total. The molecule has 0 fully saturated rings. The maximum Gasteiger partial charge on any atom is 0.407 e. The Labute approximate surface area is 222 Å². The van der Waals surface area contributed by atoms with Gasteiger partial charge in [-0.3, -0.25) is 0 Å². The zero-order valence-electron chi connectivity index (χ0n) is 22.3. The molecule has 0 unspecified atom stereocenters. The van der Waals surface area contributed by atoms with Gasteiger partial charge in [0.05, 0.1) is 22.5 Å². The lowest BCUT2D eigenvalue weighted by Gasteiger charge is -2.19. The molecule has 38 heavy (non-hydrogen) atoms. The Hall–Kier alpha value is -4.17. The van der Waals surface area contributed by atoms with Crippen molar-refractivity contribution in [3.8, 4) is 5.88 Å². The van der Waals surface area contributed by atoms with E-state index in [9.17, 15) is 14.3 Å². The molecule has 198 valence electrons. The summed E-state index contributed by atoms with van der Waals surface area (Å²) in [5.41, 5.74) is 4.26. The van der Waals surface area contributed by atoms with Gasteiger partial charge in [-0.05, 0) is 82.4 Å². The molecule has 0 saturated heterocycles. The van der Waals surface area contributed by atoms with Crippen molar-refractivity contribution >= 4 is 28.4 Å². The first kappa shape index (κ1) is 26.9. The summed E-state index contributed by atoms with van der Waals surface area (Å²) >= 11 is 0. The summed E-state index contributed by atoms with van der Waals surface area (Å²) in [7, 11) is 4.02. The summed E-state index contributed by atoms with van der Waals surface area (Å²) in [5, 5.41) is 14.3. The normalized spacial score (nSPS) is 12.2. The Kier molecular flexibility index (Phi) is 7.83. The average Bonchev–Trinajstić information content (AvgIpc) is 3.15. The fourth-order valence-corrected chi connectivity index (χ4v) is 4.15. The summed E-state index contributed by atoms with van der Waals surface area (Å²) in [5.74, 6) is -0.513. The minimum atomic E-state index is -0.597. The van der Waals surface area contributed by atoms with Crippen molar-refractivity contribution in [2.75, 3.05) is 14.1 Å². The number of amides is 1. The largest absolute Gasteiger partial charge is 0.494 e.